The van der Waals surface area contributed by atoms with Crippen LogP contribution >= 0.6 is 0 Å². The van der Waals surface area contributed by atoms with Crippen molar-refractivity contribution in [3.63, 3.8) is 0 Å². The Kier molecular flexibility index (Phi) is 31.6. The van der Waals surface area contributed by atoms with Crippen molar-refractivity contribution in [3.8, 4) is 45.6 Å². The van der Waals surface area contributed by atoms with E-state index in [1.807, 2.05) is 19.2 Å². The van der Waals surface area contributed by atoms with Gasteiger partial charge in [0, 0.05) is 66.0 Å². The first-order chi connectivity index (χ1) is 57.0. The van der Waals surface area contributed by atoms with Gasteiger partial charge in [0.05, 0.1) is 59.4 Å². The lowest BCUT2D eigenvalue weighted by Crippen LogP contribution is -2.61. The van der Waals surface area contributed by atoms with Crippen molar-refractivity contribution in [3.05, 3.63) is 239 Å². The molecule has 0 unspecified atom stereocenters. The molecule has 0 aliphatic heterocycles. The first-order valence-electron chi connectivity index (χ1n) is 35.7. The fraction of sp³-hybridized carbons (Fsp3) is 0.262. The molecule has 0 aliphatic carbocycles. The summed E-state index contributed by atoms with van der Waals surface area (Å²) in [6.45, 7) is 7.25. The molecule has 0 radical (unpaired) electrons. The third kappa shape index (κ3) is 24.5. The van der Waals surface area contributed by atoms with Crippen LogP contribution in [0.4, 0.5) is 88.6 Å². The summed E-state index contributed by atoms with van der Waals surface area (Å²) in [5.41, 5.74) is -0.707. The number of hydrogen-bond donors (Lipinski definition) is 4. The quantitative estimate of drug-likeness (QED) is 0.00702. The molecule has 4 N–H and O–H groups in total. The molecule has 0 aromatic heterocycles. The summed E-state index contributed by atoms with van der Waals surface area (Å²) in [7, 11) is 3.51. The normalized spacial score (nSPS) is 11.7. The van der Waals surface area contributed by atoms with Crippen LogP contribution in [0.2, 0.25) is 0 Å². The molecular weight excluding hydrogens is 1650 g/mol. The predicted molar refractivity (Wildman–Crippen MR) is 409 cm³/mol. The molecule has 38 heteroatoms. The maximum Gasteiger partial charge on any atom is 0.460 e. The second-order valence-electron chi connectivity index (χ2n) is 26.3. The number of halogens is 15. The summed E-state index contributed by atoms with van der Waals surface area (Å²) >= 11 is 0. The Bertz CT molecular complexity index is 5210. The Balaban J connectivity index is 0.000000340. The van der Waals surface area contributed by atoms with Crippen LogP contribution in [0.3, 0.4) is 0 Å². The summed E-state index contributed by atoms with van der Waals surface area (Å²) < 4.78 is 249. The average Bonchev–Trinajstić information content (AvgIpc) is 0.742. The molecule has 8 rings (SSSR count). The third-order valence-electron chi connectivity index (χ3n) is 17.0. The van der Waals surface area contributed by atoms with E-state index >= 15 is 0 Å². The summed E-state index contributed by atoms with van der Waals surface area (Å²) in [5, 5.41) is 11.1. The number of Topliss-reactive ketones (excluding diaryl/α,β-unsaturated/α-hetero) is 2. The van der Waals surface area contributed by atoms with Crippen molar-refractivity contribution < 1.29 is 156 Å². The van der Waals surface area contributed by atoms with E-state index in [-0.39, 0.29) is 93.9 Å². The van der Waals surface area contributed by atoms with Gasteiger partial charge in [-0.05, 0) is 197 Å². The zero-order valence-electron chi connectivity index (χ0n) is 65.2. The topological polar surface area (TPSA) is 302 Å². The van der Waals surface area contributed by atoms with Crippen LogP contribution in [0.1, 0.15) is 130 Å². The lowest BCUT2D eigenvalue weighted by atomic mass is 9.94. The fourth-order valence-electron chi connectivity index (χ4n) is 10.4. The van der Waals surface area contributed by atoms with Gasteiger partial charge in [0.25, 0.3) is 11.8 Å². The van der Waals surface area contributed by atoms with Gasteiger partial charge in [-0.25, -0.2) is 28.8 Å². The SMILES string of the molecule is C=C(C)C(=O)OCCOC(=O)c1ccc(Oc2ccc(C(=O)OCCOC(=O)C(=C)C)c(C(=O)Nc3ccc(Oc4ccc(NC)cc4)cc3)c2)cc1C(C)=O.CNc1ccc(Oc2ccc(NC(=O)c3cc(-c4ccc(C(=O)OCCC(F)(F)C(F)(F)C(C)(F)F)c(C(C)=O)c4)ccc3C(=O)OCCC(F)(F)C(F)(F)C(F)(F)C(F)(F)F)cc2)cc1. The minimum Gasteiger partial charge on any atom is -0.462 e. The lowest BCUT2D eigenvalue weighted by Gasteiger charge is -2.33. The number of alkyl halides is 15. The van der Waals surface area contributed by atoms with Crippen molar-refractivity contribution in [2.75, 3.05) is 75.0 Å². The van der Waals surface area contributed by atoms with Crippen LogP contribution < -0.4 is 35.5 Å². The minimum atomic E-state index is -7.22. The Morgan fingerprint density at radius 1 is 0.311 bits per heavy atom. The Hall–Kier alpha value is -13.7. The first kappa shape index (κ1) is 95.4. The maximum atomic E-state index is 14.2. The van der Waals surface area contributed by atoms with E-state index < -0.39 is 156 Å². The number of rotatable bonds is 37. The van der Waals surface area contributed by atoms with Gasteiger partial charge >= 0.3 is 77.5 Å². The van der Waals surface area contributed by atoms with Gasteiger partial charge < -0.3 is 63.9 Å². The molecule has 0 atom stereocenters. The van der Waals surface area contributed by atoms with Crippen LogP contribution in [0, 0.1) is 0 Å². The molecule has 8 aromatic carbocycles. The lowest BCUT2D eigenvalue weighted by molar-refractivity contribution is -0.397. The number of carbonyl (C=O) groups excluding carboxylic acids is 10. The highest BCUT2D eigenvalue weighted by Crippen LogP contribution is 2.54. The summed E-state index contributed by atoms with van der Waals surface area (Å²) in [4.78, 5) is 128. The minimum absolute atomic E-state index is 0.0145. The highest BCUT2D eigenvalue weighted by Gasteiger charge is 2.81. The third-order valence-corrected chi connectivity index (χ3v) is 17.0. The van der Waals surface area contributed by atoms with E-state index in [2.05, 4.69) is 43.9 Å². The molecule has 0 fully saturated rings. The zero-order chi connectivity index (χ0) is 90.6. The molecule has 23 nitrogen and oxygen atoms in total. The van der Waals surface area contributed by atoms with E-state index in [1.165, 1.54) is 81.4 Å². The average molecular weight is 1730 g/mol. The molecule has 0 saturated carbocycles. The van der Waals surface area contributed by atoms with Crippen molar-refractivity contribution in [1.82, 2.24) is 0 Å². The van der Waals surface area contributed by atoms with Crippen LogP contribution in [0.5, 0.6) is 34.5 Å². The van der Waals surface area contributed by atoms with Crippen molar-refractivity contribution in [2.45, 2.75) is 89.2 Å². The van der Waals surface area contributed by atoms with E-state index in [0.29, 0.717) is 22.9 Å². The predicted octanol–water partition coefficient (Wildman–Crippen LogP) is 19.5. The molecule has 8 aromatic rings. The molecule has 122 heavy (non-hydrogen) atoms. The molecule has 0 aliphatic rings. The summed E-state index contributed by atoms with van der Waals surface area (Å²) in [6.07, 6.45) is -11.7. The van der Waals surface area contributed by atoms with Crippen molar-refractivity contribution in [1.29, 1.82) is 0 Å². The first-order valence-corrected chi connectivity index (χ1v) is 35.7. The highest BCUT2D eigenvalue weighted by molar-refractivity contribution is 6.13. The molecule has 648 valence electrons. The van der Waals surface area contributed by atoms with Crippen LogP contribution in [-0.2, 0) is 38.0 Å². The summed E-state index contributed by atoms with van der Waals surface area (Å²) in [5.74, 6) is -44.2. The molecule has 0 heterocycles. The standard InChI is InChI=1S/C42H33F15N2O7.C42H40N2O12/c1-22(60)31-20-23(4-14-29(31)34(62)64-18-16-37(45,46)39(49,50)36(2,43)44)24-5-15-30(35(63)65-19-17-38(47,48)40(51,52)41(53,54)42(55,56)57)32(21-24)33(61)59-26-8-12-28(13-9-26)66-27-10-6-25(58-3)7-11-27;1-25(2)39(47)51-19-21-53-41(49)34-17-15-32(23-36(34)27(5)45)56-33-16-18-35(42(50)54-22-20-52-40(48)26(3)4)37(24-33)38(46)44-29-9-13-31(14-10-29)55-30-11-7-28(43-6)8-12-30/h4-15,20-21,58H,16-19H2,1-3H3,(H,59,61);7-18,23-24,43H,1,3,19-22H2,2,4-6H3,(H,44,46). The second-order valence-corrected chi connectivity index (χ2v) is 26.3. The van der Waals surface area contributed by atoms with Crippen molar-refractivity contribution >= 4 is 81.9 Å². The Morgan fingerprint density at radius 2 is 0.582 bits per heavy atom. The van der Waals surface area contributed by atoms with Gasteiger partial charge in [-0.15, -0.1) is 0 Å². The molecule has 2 amide bonds. The van der Waals surface area contributed by atoms with Gasteiger partial charge in [-0.1, -0.05) is 25.3 Å². The largest absolute Gasteiger partial charge is 0.462 e. The molecular formula is C84H73F15N4O19. The number of ketones is 2. The van der Waals surface area contributed by atoms with Gasteiger partial charge in [0.15, 0.2) is 11.6 Å². The fourth-order valence-corrected chi connectivity index (χ4v) is 10.4. The number of ether oxygens (including phenoxy) is 9. The molecule has 0 saturated heterocycles. The highest BCUT2D eigenvalue weighted by atomic mass is 19.4. The van der Waals surface area contributed by atoms with Gasteiger partial charge in [0.1, 0.15) is 60.9 Å². The number of anilines is 4. The number of amides is 2. The van der Waals surface area contributed by atoms with E-state index in [0.717, 1.165) is 54.7 Å². The number of esters is 6. The zero-order valence-corrected chi connectivity index (χ0v) is 65.2. The number of benzene rings is 8. The van der Waals surface area contributed by atoms with Gasteiger partial charge in [0.2, 0.25) is 0 Å². The van der Waals surface area contributed by atoms with Crippen LogP contribution in [-0.4, -0.2) is 155 Å². The monoisotopic (exact) mass is 1730 g/mol. The summed E-state index contributed by atoms with van der Waals surface area (Å²) in [6, 6.07) is 39.7. The van der Waals surface area contributed by atoms with E-state index in [9.17, 15) is 114 Å². The van der Waals surface area contributed by atoms with E-state index in [4.69, 9.17) is 33.2 Å². The second kappa shape index (κ2) is 40.4. The Morgan fingerprint density at radius 3 is 0.910 bits per heavy atom. The Labute approximate surface area is 684 Å². The van der Waals surface area contributed by atoms with E-state index in [1.54, 1.807) is 67.7 Å². The molecule has 0 spiro atoms. The number of carbonyl (C=O) groups is 10. The smallest absolute Gasteiger partial charge is 0.460 e. The van der Waals surface area contributed by atoms with Crippen molar-refractivity contribution in [2.24, 2.45) is 0 Å². The number of nitrogens with one attached hydrogen (secondary N) is 4. The van der Waals surface area contributed by atoms with Crippen LogP contribution in [0.25, 0.3) is 11.1 Å². The van der Waals surface area contributed by atoms with Gasteiger partial charge in [-0.2, -0.15) is 65.9 Å². The number of hydrogen-bond acceptors (Lipinski definition) is 21. The van der Waals surface area contributed by atoms with Gasteiger partial charge in [-0.3, -0.25) is 19.2 Å². The van der Waals surface area contributed by atoms with Crippen LogP contribution in [0.15, 0.2) is 194 Å². The maximum absolute atomic E-state index is 14.2. The molecule has 0 bridgehead atoms.